The Kier molecular flexibility index (Phi) is 21.4. The van der Waals surface area contributed by atoms with E-state index in [0.717, 1.165) is 99.3 Å². The van der Waals surface area contributed by atoms with Crippen LogP contribution in [0.4, 0.5) is 15.8 Å². The van der Waals surface area contributed by atoms with Crippen LogP contribution in [0.2, 0.25) is 0 Å². The number of halogens is 1. The van der Waals surface area contributed by atoms with Gasteiger partial charge in [0.05, 0.1) is 19.1 Å². The van der Waals surface area contributed by atoms with Gasteiger partial charge in [0.15, 0.2) is 12.2 Å². The number of ether oxygens (including phenoxy) is 2. The summed E-state index contributed by atoms with van der Waals surface area (Å²) in [6, 6.07) is 21.1. The third-order valence-corrected chi connectivity index (χ3v) is 18.1. The van der Waals surface area contributed by atoms with Crippen molar-refractivity contribution in [2.24, 2.45) is 11.8 Å². The summed E-state index contributed by atoms with van der Waals surface area (Å²) in [6.07, 6.45) is 15.2. The summed E-state index contributed by atoms with van der Waals surface area (Å²) in [5.74, 6) is 1.70. The van der Waals surface area contributed by atoms with Crippen LogP contribution in [0.3, 0.4) is 0 Å². The van der Waals surface area contributed by atoms with E-state index in [4.69, 9.17) is 9.47 Å². The largest absolute Gasteiger partial charge is 0.484 e. The third kappa shape index (κ3) is 16.4. The second-order valence-electron chi connectivity index (χ2n) is 25.6. The molecule has 4 aromatic carbocycles. The Morgan fingerprint density at radius 1 is 0.553 bits per heavy atom. The molecular weight excluding hydrogens is 1080 g/mol. The molecule has 17 heteroatoms. The minimum atomic E-state index is -0.592. The molecule has 6 fully saturated rings. The number of hydrogen-bond acceptors (Lipinski definition) is 8. The van der Waals surface area contributed by atoms with Crippen LogP contribution in [0.5, 0.6) is 11.5 Å². The predicted molar refractivity (Wildman–Crippen MR) is 328 cm³/mol. The minimum absolute atomic E-state index is 0.0303. The Balaban J connectivity index is 0.000000204. The van der Waals surface area contributed by atoms with Gasteiger partial charge in [-0.3, -0.25) is 28.8 Å². The minimum Gasteiger partial charge on any atom is -0.484 e. The first-order chi connectivity index (χ1) is 40.9. The third-order valence-electron chi connectivity index (χ3n) is 18.1. The van der Waals surface area contributed by atoms with E-state index >= 15 is 0 Å². The Morgan fingerprint density at radius 2 is 1.04 bits per heavy atom. The first-order valence-electron chi connectivity index (χ1n) is 31.8. The number of carbonyl (C=O) groups is 6. The van der Waals surface area contributed by atoms with Gasteiger partial charge >= 0.3 is 0 Å². The number of anilines is 2. The molecule has 4 atom stereocenters. The summed E-state index contributed by atoms with van der Waals surface area (Å²) < 4.78 is 27.3. The zero-order valence-corrected chi connectivity index (χ0v) is 51.4. The number of quaternary nitrogens is 2. The maximum atomic E-state index is 14.3. The molecule has 4 aliphatic heterocycles. The molecule has 0 aromatic heterocycles. The van der Waals surface area contributed by atoms with Gasteiger partial charge in [0.2, 0.25) is 11.8 Å². The average molecular weight is 1170 g/mol. The number of carbonyl (C=O) groups excluding carboxylic acids is 6. The van der Waals surface area contributed by atoms with Crippen molar-refractivity contribution in [3.05, 3.63) is 118 Å². The number of benzene rings is 4. The Labute approximate surface area is 502 Å². The summed E-state index contributed by atoms with van der Waals surface area (Å²) in [7, 11) is 0. The summed E-state index contributed by atoms with van der Waals surface area (Å²) in [5.41, 5.74) is 6.24. The predicted octanol–water partition coefficient (Wildman–Crippen LogP) is 8.90. The average Bonchev–Trinajstić information content (AvgIpc) is 4.16. The van der Waals surface area contributed by atoms with Crippen molar-refractivity contribution < 1.29 is 53.3 Å². The molecule has 6 N–H and O–H groups in total. The van der Waals surface area contributed by atoms with Gasteiger partial charge in [-0.05, 0) is 152 Å². The highest BCUT2D eigenvalue weighted by Gasteiger charge is 2.38. The maximum Gasteiger partial charge on any atom is 0.254 e. The van der Waals surface area contributed by atoms with E-state index in [0.29, 0.717) is 73.8 Å². The summed E-state index contributed by atoms with van der Waals surface area (Å²) in [4.78, 5) is 85.8. The molecule has 0 bridgehead atoms. The number of amides is 6. The molecule has 4 heterocycles. The van der Waals surface area contributed by atoms with Crippen LogP contribution in [-0.4, -0.2) is 145 Å². The number of nitrogens with one attached hydrogen (secondary N) is 2. The van der Waals surface area contributed by atoms with Gasteiger partial charge in [-0.2, -0.15) is 0 Å². The smallest absolute Gasteiger partial charge is 0.254 e. The standard InChI is InChI=1S/C35H48N4O4.C33H43FN4O4/c1-23(2)16-30-22-38(34(41)28-17-24(3)18-29(19-28)37-25(4)40)14-15-39(30)35(42)27-10-11-33(43-31-12-13-36-21-31)32(20-27)26-8-6-5-7-9-26;1-21(2)30-20-37(32(40)25-15-26(34)18-27(16-25)36-22(3)39)13-14-38(30)33(41)24-9-10-31(42-28-11-12-35-19-28)29(17-24)23-7-5-4-6-8-23/h10-11,17-20,23,26,30-31,36H,5-9,12-16,21-22H2,1-4H3,(H,37,40);9-10,15-18,21,23,28,30,35H,4-8,11-14,19-20H2,1-3H3,(H,36,39)/p+2/t30-,31-;28-,30+/m00/s1. The second kappa shape index (κ2) is 29.0. The Bertz CT molecular complexity index is 3020. The topological polar surface area (TPSA) is 191 Å². The molecular formula is C68H93FN8O8+2. The molecule has 6 aliphatic rings. The summed E-state index contributed by atoms with van der Waals surface area (Å²) in [5, 5.41) is 9.94. The highest BCUT2D eigenvalue weighted by Crippen LogP contribution is 2.41. The maximum absolute atomic E-state index is 14.3. The monoisotopic (exact) mass is 1170 g/mol. The number of piperazine rings is 2. The molecule has 4 aromatic rings. The zero-order valence-electron chi connectivity index (χ0n) is 51.4. The summed E-state index contributed by atoms with van der Waals surface area (Å²) in [6.45, 7) is 19.8. The molecule has 2 aliphatic carbocycles. The highest BCUT2D eigenvalue weighted by molar-refractivity contribution is 5.99. The quantitative estimate of drug-likeness (QED) is 0.0907. The molecule has 4 saturated heterocycles. The normalized spacial score (nSPS) is 21.3. The fourth-order valence-electron chi connectivity index (χ4n) is 13.8. The van der Waals surface area contributed by atoms with Gasteiger partial charge < -0.3 is 50.3 Å². The van der Waals surface area contributed by atoms with E-state index in [-0.39, 0.29) is 76.9 Å². The van der Waals surface area contributed by atoms with Gasteiger partial charge in [-0.25, -0.2) is 4.39 Å². The van der Waals surface area contributed by atoms with E-state index in [9.17, 15) is 33.2 Å². The van der Waals surface area contributed by atoms with Crippen LogP contribution in [0.25, 0.3) is 0 Å². The lowest BCUT2D eigenvalue weighted by molar-refractivity contribution is -0.638. The van der Waals surface area contributed by atoms with Gasteiger partial charge in [0.25, 0.3) is 23.6 Å². The van der Waals surface area contributed by atoms with Gasteiger partial charge in [0.1, 0.15) is 30.4 Å². The van der Waals surface area contributed by atoms with E-state index in [2.05, 4.69) is 61.1 Å². The number of rotatable bonds is 15. The van der Waals surface area contributed by atoms with Gasteiger partial charge in [-0.15, -0.1) is 0 Å². The van der Waals surface area contributed by atoms with Crippen molar-refractivity contribution in [2.45, 2.75) is 168 Å². The second-order valence-corrected chi connectivity index (χ2v) is 25.6. The van der Waals surface area contributed by atoms with Gasteiger partial charge in [-0.1, -0.05) is 66.2 Å². The molecule has 6 amide bonds. The van der Waals surface area contributed by atoms with Crippen LogP contribution >= 0.6 is 0 Å². The number of hydrogen-bond donors (Lipinski definition) is 4. The van der Waals surface area contributed by atoms with Crippen molar-refractivity contribution >= 4 is 46.8 Å². The van der Waals surface area contributed by atoms with Crippen LogP contribution in [0.15, 0.2) is 72.8 Å². The molecule has 0 spiro atoms. The first-order valence-corrected chi connectivity index (χ1v) is 31.8. The SMILES string of the molecule is CC(=O)Nc1cc(C)cc(C(=O)N2CCN(C(=O)c3ccc(O[C@H]4CC[NH2+]C4)c(C4CCCCC4)c3)[C@@H](CC(C)C)C2)c1.CC(=O)Nc1cc(F)cc(C(=O)N2CCN(C(=O)c3ccc(O[C@H]4CC[NH2+]C4)c(C4CCCCC4)c3)[C@@H](C(C)C)C2)c1. The highest BCUT2D eigenvalue weighted by atomic mass is 19.1. The van der Waals surface area contributed by atoms with Crippen LogP contribution in [0.1, 0.15) is 195 Å². The molecule has 85 heavy (non-hydrogen) atoms. The fourth-order valence-corrected chi connectivity index (χ4v) is 13.8. The van der Waals surface area contributed by atoms with Crippen LogP contribution in [0, 0.1) is 24.6 Å². The molecule has 458 valence electrons. The van der Waals surface area contributed by atoms with E-state index in [1.54, 1.807) is 11.0 Å². The molecule has 0 unspecified atom stereocenters. The van der Waals surface area contributed by atoms with E-state index < -0.39 is 5.82 Å². The van der Waals surface area contributed by atoms with Crippen molar-refractivity contribution in [1.82, 2.24) is 19.6 Å². The lowest BCUT2D eigenvalue weighted by Crippen LogP contribution is -2.81. The molecule has 16 nitrogen and oxygen atoms in total. The van der Waals surface area contributed by atoms with Crippen LogP contribution in [-0.2, 0) is 9.59 Å². The molecule has 10 rings (SSSR count). The van der Waals surface area contributed by atoms with E-state index in [1.165, 1.54) is 76.1 Å². The number of aryl methyl sites for hydroxylation is 1. The number of nitrogens with two attached hydrogens (primary N) is 2. The van der Waals surface area contributed by atoms with Gasteiger partial charge in [0, 0.05) is 106 Å². The lowest BCUT2D eigenvalue weighted by Gasteiger charge is -2.43. The van der Waals surface area contributed by atoms with Crippen LogP contribution < -0.4 is 30.7 Å². The number of nitrogens with zero attached hydrogens (tertiary/aromatic N) is 4. The Morgan fingerprint density at radius 3 is 1.52 bits per heavy atom. The Hall–Kier alpha value is -6.85. The molecule has 0 radical (unpaired) electrons. The van der Waals surface area contributed by atoms with Crippen molar-refractivity contribution in [3.63, 3.8) is 0 Å². The van der Waals surface area contributed by atoms with Crippen molar-refractivity contribution in [3.8, 4) is 11.5 Å². The van der Waals surface area contributed by atoms with Crippen molar-refractivity contribution in [2.75, 3.05) is 76.1 Å². The van der Waals surface area contributed by atoms with Crippen molar-refractivity contribution in [1.29, 1.82) is 0 Å². The molecule has 2 saturated carbocycles. The fraction of sp³-hybridized carbons (Fsp3) is 0.559. The zero-order chi connectivity index (χ0) is 60.3. The first kappa shape index (κ1) is 62.7. The summed E-state index contributed by atoms with van der Waals surface area (Å²) >= 11 is 0. The lowest BCUT2D eigenvalue weighted by atomic mass is 9.83. The van der Waals surface area contributed by atoms with E-state index in [1.807, 2.05) is 58.0 Å².